The van der Waals surface area contributed by atoms with Crippen molar-refractivity contribution in [3.05, 3.63) is 30.0 Å². The molecule has 1 aromatic heterocycles. The highest BCUT2D eigenvalue weighted by Crippen LogP contribution is 2.24. The first-order valence-electron chi connectivity index (χ1n) is 7.66. The van der Waals surface area contributed by atoms with Gasteiger partial charge in [0.15, 0.2) is 0 Å². The van der Waals surface area contributed by atoms with Crippen LogP contribution in [-0.2, 0) is 4.74 Å². The van der Waals surface area contributed by atoms with Crippen molar-refractivity contribution < 1.29 is 14.3 Å². The molecule has 1 amide bonds. The lowest BCUT2D eigenvalue weighted by Crippen LogP contribution is -2.36. The zero-order valence-corrected chi connectivity index (χ0v) is 14.1. The van der Waals surface area contributed by atoms with E-state index in [4.69, 9.17) is 15.2 Å². The molecule has 0 aliphatic rings. The summed E-state index contributed by atoms with van der Waals surface area (Å²) in [5.41, 5.74) is 7.31. The van der Waals surface area contributed by atoms with Gasteiger partial charge in [-0.1, -0.05) is 0 Å². The van der Waals surface area contributed by atoms with Crippen LogP contribution in [0.3, 0.4) is 0 Å². The average Bonchev–Trinajstić information content (AvgIpc) is 2.88. The molecular formula is C17H25N3O3. The fourth-order valence-corrected chi connectivity index (χ4v) is 2.32. The van der Waals surface area contributed by atoms with Gasteiger partial charge in [0, 0.05) is 36.3 Å². The van der Waals surface area contributed by atoms with Gasteiger partial charge in [0.1, 0.15) is 11.4 Å². The third kappa shape index (κ3) is 4.63. The number of aromatic nitrogens is 1. The van der Waals surface area contributed by atoms with E-state index in [1.165, 1.54) is 0 Å². The fourth-order valence-electron chi connectivity index (χ4n) is 2.32. The molecular weight excluding hydrogens is 294 g/mol. The number of rotatable bonds is 5. The molecule has 0 bridgehead atoms. The van der Waals surface area contributed by atoms with Gasteiger partial charge in [-0.2, -0.15) is 0 Å². The Morgan fingerprint density at radius 1 is 1.35 bits per heavy atom. The van der Waals surface area contributed by atoms with Crippen LogP contribution < -0.4 is 15.8 Å². The van der Waals surface area contributed by atoms with Crippen molar-refractivity contribution in [2.24, 2.45) is 5.73 Å². The van der Waals surface area contributed by atoms with Gasteiger partial charge in [-0.25, -0.2) is 4.79 Å². The smallest absolute Gasteiger partial charge is 0.407 e. The Bertz CT molecular complexity index is 673. The van der Waals surface area contributed by atoms with E-state index in [1.54, 1.807) is 7.11 Å². The molecule has 1 atom stereocenters. The van der Waals surface area contributed by atoms with Crippen molar-refractivity contribution in [3.8, 4) is 5.75 Å². The molecule has 0 radical (unpaired) electrons. The minimum Gasteiger partial charge on any atom is -0.497 e. The Balaban J connectivity index is 2.07. The molecule has 4 N–H and O–H groups in total. The van der Waals surface area contributed by atoms with E-state index in [2.05, 4.69) is 10.3 Å². The predicted octanol–water partition coefficient (Wildman–Crippen LogP) is 2.74. The Hall–Kier alpha value is -2.21. The highest BCUT2D eigenvalue weighted by atomic mass is 16.6. The number of fused-ring (bicyclic) bond motifs is 1. The number of amides is 1. The molecule has 2 rings (SSSR count). The molecule has 1 unspecified atom stereocenters. The van der Waals surface area contributed by atoms with Crippen molar-refractivity contribution >= 4 is 17.0 Å². The van der Waals surface area contributed by atoms with Crippen LogP contribution >= 0.6 is 0 Å². The second-order valence-electron chi connectivity index (χ2n) is 6.49. The van der Waals surface area contributed by atoms with Crippen LogP contribution in [0.25, 0.3) is 10.9 Å². The molecule has 0 aliphatic heterocycles. The van der Waals surface area contributed by atoms with Gasteiger partial charge in [-0.15, -0.1) is 0 Å². The first-order valence-corrected chi connectivity index (χ1v) is 7.66. The van der Waals surface area contributed by atoms with Gasteiger partial charge >= 0.3 is 6.09 Å². The van der Waals surface area contributed by atoms with Gasteiger partial charge in [-0.3, -0.25) is 0 Å². The summed E-state index contributed by atoms with van der Waals surface area (Å²) in [7, 11) is 1.64. The quantitative estimate of drug-likeness (QED) is 0.790. The summed E-state index contributed by atoms with van der Waals surface area (Å²) in [4.78, 5) is 15.1. The topological polar surface area (TPSA) is 89.4 Å². The van der Waals surface area contributed by atoms with Gasteiger partial charge in [0.25, 0.3) is 0 Å². The van der Waals surface area contributed by atoms with Gasteiger partial charge < -0.3 is 25.5 Å². The van der Waals surface area contributed by atoms with Gasteiger partial charge in [0.2, 0.25) is 0 Å². The monoisotopic (exact) mass is 319 g/mol. The molecule has 0 fully saturated rings. The van der Waals surface area contributed by atoms with Gasteiger partial charge in [0.05, 0.1) is 7.11 Å². The summed E-state index contributed by atoms with van der Waals surface area (Å²) in [6.07, 6.45) is -0.436. The number of hydrogen-bond donors (Lipinski definition) is 3. The summed E-state index contributed by atoms with van der Waals surface area (Å²) < 4.78 is 10.5. The van der Waals surface area contributed by atoms with Gasteiger partial charge in [-0.05, 0) is 44.4 Å². The Kier molecular flexibility index (Phi) is 5.15. The zero-order chi connectivity index (χ0) is 17.0. The van der Waals surface area contributed by atoms with Crippen LogP contribution in [0.5, 0.6) is 5.75 Å². The largest absolute Gasteiger partial charge is 0.497 e. The number of nitrogens with two attached hydrogens (primary N) is 1. The summed E-state index contributed by atoms with van der Waals surface area (Å²) in [5, 5.41) is 3.85. The van der Waals surface area contributed by atoms with Crippen molar-refractivity contribution in [2.45, 2.75) is 32.3 Å². The lowest BCUT2D eigenvalue weighted by atomic mass is 10.1. The van der Waals surface area contributed by atoms with Crippen LogP contribution in [-0.4, -0.2) is 36.9 Å². The number of aromatic amines is 1. The second kappa shape index (κ2) is 6.91. The second-order valence-corrected chi connectivity index (χ2v) is 6.49. The molecule has 0 saturated heterocycles. The lowest BCUT2D eigenvalue weighted by Gasteiger charge is -2.21. The van der Waals surface area contributed by atoms with Crippen LogP contribution in [0.2, 0.25) is 0 Å². The third-order valence-electron chi connectivity index (χ3n) is 3.47. The van der Waals surface area contributed by atoms with E-state index in [1.807, 2.05) is 45.0 Å². The molecule has 6 heteroatoms. The number of carbonyl (C=O) groups excluding carboxylic acids is 1. The van der Waals surface area contributed by atoms with Crippen LogP contribution in [0.4, 0.5) is 4.79 Å². The molecule has 1 heterocycles. The maximum atomic E-state index is 11.8. The lowest BCUT2D eigenvalue weighted by molar-refractivity contribution is 0.0524. The number of carbonyl (C=O) groups is 1. The standard InChI is InChI=1S/C17H25N3O3/c1-17(2,3)23-16(21)19-10-12(9-18)14-7-11-5-6-13(22-4)8-15(11)20-14/h5-8,12,20H,9-10,18H2,1-4H3,(H,19,21). The predicted molar refractivity (Wildman–Crippen MR) is 90.9 cm³/mol. The summed E-state index contributed by atoms with van der Waals surface area (Å²) >= 11 is 0. The maximum absolute atomic E-state index is 11.8. The van der Waals surface area contributed by atoms with Crippen molar-refractivity contribution in [2.75, 3.05) is 20.2 Å². The normalized spacial score (nSPS) is 12.9. The molecule has 2 aromatic rings. The van der Waals surface area contributed by atoms with Crippen LogP contribution in [0.1, 0.15) is 32.4 Å². The molecule has 0 spiro atoms. The SMILES string of the molecule is COc1ccc2cc(C(CN)CNC(=O)OC(C)(C)C)[nH]c2c1. The summed E-state index contributed by atoms with van der Waals surface area (Å²) in [5.74, 6) is 0.781. The number of alkyl carbamates (subject to hydrolysis) is 1. The van der Waals surface area contributed by atoms with E-state index >= 15 is 0 Å². The number of ether oxygens (including phenoxy) is 2. The molecule has 126 valence electrons. The molecule has 6 nitrogen and oxygen atoms in total. The van der Waals surface area contributed by atoms with E-state index in [-0.39, 0.29) is 5.92 Å². The average molecular weight is 319 g/mol. The number of H-pyrrole nitrogens is 1. The van der Waals surface area contributed by atoms with E-state index in [0.717, 1.165) is 22.3 Å². The van der Waals surface area contributed by atoms with Crippen molar-refractivity contribution in [3.63, 3.8) is 0 Å². The number of methoxy groups -OCH3 is 1. The summed E-state index contributed by atoms with van der Waals surface area (Å²) in [6, 6.07) is 7.89. The Labute approximate surface area is 136 Å². The maximum Gasteiger partial charge on any atom is 0.407 e. The summed E-state index contributed by atoms with van der Waals surface area (Å²) in [6.45, 7) is 6.32. The van der Waals surface area contributed by atoms with Crippen molar-refractivity contribution in [1.29, 1.82) is 0 Å². The molecule has 23 heavy (non-hydrogen) atoms. The molecule has 0 aliphatic carbocycles. The van der Waals surface area contributed by atoms with Crippen LogP contribution in [0, 0.1) is 0 Å². The third-order valence-corrected chi connectivity index (χ3v) is 3.47. The highest BCUT2D eigenvalue weighted by molar-refractivity contribution is 5.82. The number of hydrogen-bond acceptors (Lipinski definition) is 4. The Morgan fingerprint density at radius 2 is 2.09 bits per heavy atom. The highest BCUT2D eigenvalue weighted by Gasteiger charge is 2.18. The number of nitrogens with one attached hydrogen (secondary N) is 2. The molecule has 1 aromatic carbocycles. The zero-order valence-electron chi connectivity index (χ0n) is 14.1. The first-order chi connectivity index (χ1) is 10.8. The first kappa shape index (κ1) is 17.1. The minimum atomic E-state index is -0.514. The van der Waals surface area contributed by atoms with E-state index in [0.29, 0.717) is 13.1 Å². The molecule has 0 saturated carbocycles. The van der Waals surface area contributed by atoms with E-state index < -0.39 is 11.7 Å². The van der Waals surface area contributed by atoms with E-state index in [9.17, 15) is 4.79 Å². The fraction of sp³-hybridized carbons (Fsp3) is 0.471. The number of benzene rings is 1. The Morgan fingerprint density at radius 3 is 2.70 bits per heavy atom. The van der Waals surface area contributed by atoms with Crippen LogP contribution in [0.15, 0.2) is 24.3 Å². The van der Waals surface area contributed by atoms with Crippen molar-refractivity contribution in [1.82, 2.24) is 10.3 Å². The minimum absolute atomic E-state index is 0.0130.